The van der Waals surface area contributed by atoms with Crippen LogP contribution in [-0.2, 0) is 0 Å². The molecule has 3 N–H and O–H groups in total. The van der Waals surface area contributed by atoms with Crippen LogP contribution >= 0.6 is 0 Å². The van der Waals surface area contributed by atoms with E-state index in [0.29, 0.717) is 0 Å². The minimum atomic E-state index is 0.745. The van der Waals surface area contributed by atoms with Gasteiger partial charge in [-0.25, -0.2) is 0 Å². The van der Waals surface area contributed by atoms with Gasteiger partial charge in [-0.3, -0.25) is 0 Å². The molecule has 0 saturated carbocycles. The maximum atomic E-state index is 5.47. The lowest BCUT2D eigenvalue weighted by molar-refractivity contribution is 0.195. The molecule has 0 unspecified atom stereocenters. The molecule has 0 radical (unpaired) electrons. The Kier molecular flexibility index (Phi) is 6.98. The first-order valence-corrected chi connectivity index (χ1v) is 6.52. The summed E-state index contributed by atoms with van der Waals surface area (Å²) in [6, 6.07) is 0.745. The van der Waals surface area contributed by atoms with Gasteiger partial charge in [-0.2, -0.15) is 0 Å². The van der Waals surface area contributed by atoms with Gasteiger partial charge < -0.3 is 16.0 Å². The lowest BCUT2D eigenvalue weighted by Crippen LogP contribution is -2.43. The van der Waals surface area contributed by atoms with E-state index in [0.717, 1.165) is 25.6 Å². The zero-order valence-electron chi connectivity index (χ0n) is 10.2. The van der Waals surface area contributed by atoms with Crippen LogP contribution in [0.25, 0.3) is 0 Å². The summed E-state index contributed by atoms with van der Waals surface area (Å²) in [5.41, 5.74) is 5.47. The van der Waals surface area contributed by atoms with E-state index in [1.165, 1.54) is 45.3 Å². The van der Waals surface area contributed by atoms with E-state index in [9.17, 15) is 0 Å². The molecule has 0 aromatic carbocycles. The molecule has 0 spiro atoms. The van der Waals surface area contributed by atoms with E-state index in [2.05, 4.69) is 17.1 Å². The summed E-state index contributed by atoms with van der Waals surface area (Å²) in [7, 11) is 0. The number of rotatable bonds is 7. The van der Waals surface area contributed by atoms with E-state index in [1.54, 1.807) is 0 Å². The monoisotopic (exact) mass is 213 g/mol. The third-order valence-corrected chi connectivity index (χ3v) is 3.23. The number of hydrogen-bond donors (Lipinski definition) is 2. The molecule has 0 aromatic heterocycles. The molecule has 0 atom stereocenters. The maximum absolute atomic E-state index is 5.47. The average Bonchev–Trinajstić information content (AvgIpc) is 2.28. The van der Waals surface area contributed by atoms with Crippen molar-refractivity contribution in [1.29, 1.82) is 0 Å². The van der Waals surface area contributed by atoms with Crippen LogP contribution in [0, 0.1) is 0 Å². The number of unbranched alkanes of at least 4 members (excludes halogenated alkanes) is 1. The molecule has 0 aliphatic carbocycles. The van der Waals surface area contributed by atoms with E-state index in [-0.39, 0.29) is 0 Å². The minimum Gasteiger partial charge on any atom is -0.330 e. The average molecular weight is 213 g/mol. The molecule has 1 aliphatic heterocycles. The first kappa shape index (κ1) is 12.9. The van der Waals surface area contributed by atoms with Gasteiger partial charge in [0.1, 0.15) is 0 Å². The number of piperidine rings is 1. The van der Waals surface area contributed by atoms with Crippen LogP contribution in [0.4, 0.5) is 0 Å². The van der Waals surface area contributed by atoms with Crippen molar-refractivity contribution in [2.45, 2.75) is 45.1 Å². The molecule has 3 nitrogen and oxygen atoms in total. The van der Waals surface area contributed by atoms with Gasteiger partial charge in [-0.05, 0) is 58.4 Å². The smallest absolute Gasteiger partial charge is 0.00914 e. The molecule has 0 bridgehead atoms. The molecule has 90 valence electrons. The van der Waals surface area contributed by atoms with Crippen molar-refractivity contribution in [3.63, 3.8) is 0 Å². The fraction of sp³-hybridized carbons (Fsp3) is 1.00. The summed E-state index contributed by atoms with van der Waals surface area (Å²) in [5, 5.41) is 3.59. The fourth-order valence-electron chi connectivity index (χ4n) is 2.15. The van der Waals surface area contributed by atoms with Crippen molar-refractivity contribution < 1.29 is 0 Å². The normalized spacial score (nSPS) is 19.6. The molecule has 1 heterocycles. The van der Waals surface area contributed by atoms with E-state index < -0.39 is 0 Å². The molecule has 0 amide bonds. The van der Waals surface area contributed by atoms with Crippen LogP contribution in [0.2, 0.25) is 0 Å². The van der Waals surface area contributed by atoms with Crippen LogP contribution in [0.1, 0.15) is 39.0 Å². The summed E-state index contributed by atoms with van der Waals surface area (Å²) < 4.78 is 0. The zero-order chi connectivity index (χ0) is 10.9. The van der Waals surface area contributed by atoms with Gasteiger partial charge >= 0.3 is 0 Å². The Morgan fingerprint density at radius 3 is 2.60 bits per heavy atom. The van der Waals surface area contributed by atoms with Crippen LogP contribution in [0.3, 0.4) is 0 Å². The second-order valence-electron chi connectivity index (χ2n) is 4.57. The highest BCUT2D eigenvalue weighted by Gasteiger charge is 2.17. The fourth-order valence-corrected chi connectivity index (χ4v) is 2.15. The van der Waals surface area contributed by atoms with Gasteiger partial charge in [-0.15, -0.1) is 0 Å². The van der Waals surface area contributed by atoms with Crippen molar-refractivity contribution in [1.82, 2.24) is 10.2 Å². The Morgan fingerprint density at radius 1 is 1.27 bits per heavy atom. The lowest BCUT2D eigenvalue weighted by atomic mass is 10.0. The van der Waals surface area contributed by atoms with Crippen molar-refractivity contribution >= 4 is 0 Å². The Balaban J connectivity index is 2.02. The molecular formula is C12H27N3. The summed E-state index contributed by atoms with van der Waals surface area (Å²) in [5.74, 6) is 0. The molecule has 1 saturated heterocycles. The van der Waals surface area contributed by atoms with Crippen molar-refractivity contribution in [2.24, 2.45) is 5.73 Å². The summed E-state index contributed by atoms with van der Waals surface area (Å²) >= 11 is 0. The second kappa shape index (κ2) is 8.08. The first-order chi connectivity index (χ1) is 7.36. The maximum Gasteiger partial charge on any atom is 0.00914 e. The van der Waals surface area contributed by atoms with E-state index in [1.807, 2.05) is 0 Å². The highest BCUT2D eigenvalue weighted by atomic mass is 15.1. The Labute approximate surface area is 94.4 Å². The Morgan fingerprint density at radius 2 is 2.00 bits per heavy atom. The minimum absolute atomic E-state index is 0.745. The predicted octanol–water partition coefficient (Wildman–Crippen LogP) is 1.19. The second-order valence-corrected chi connectivity index (χ2v) is 4.57. The number of likely N-dealkylation sites (tertiary alicyclic amines) is 1. The van der Waals surface area contributed by atoms with Crippen molar-refractivity contribution in [2.75, 3.05) is 32.7 Å². The van der Waals surface area contributed by atoms with Crippen LogP contribution in [-0.4, -0.2) is 43.7 Å². The number of hydrogen-bond acceptors (Lipinski definition) is 3. The van der Waals surface area contributed by atoms with Crippen LogP contribution in [0.5, 0.6) is 0 Å². The molecule has 1 fully saturated rings. The van der Waals surface area contributed by atoms with Crippen LogP contribution < -0.4 is 11.1 Å². The highest BCUT2D eigenvalue weighted by Crippen LogP contribution is 2.10. The molecule has 1 aliphatic rings. The molecular weight excluding hydrogens is 186 g/mol. The summed E-state index contributed by atoms with van der Waals surface area (Å²) in [4.78, 5) is 2.60. The van der Waals surface area contributed by atoms with Crippen molar-refractivity contribution in [3.05, 3.63) is 0 Å². The largest absolute Gasteiger partial charge is 0.330 e. The Hall–Kier alpha value is -0.120. The molecule has 15 heavy (non-hydrogen) atoms. The molecule has 1 rings (SSSR count). The van der Waals surface area contributed by atoms with Gasteiger partial charge in [-0.1, -0.05) is 13.3 Å². The van der Waals surface area contributed by atoms with Gasteiger partial charge in [0.05, 0.1) is 0 Å². The first-order valence-electron chi connectivity index (χ1n) is 6.52. The third-order valence-electron chi connectivity index (χ3n) is 3.23. The zero-order valence-corrected chi connectivity index (χ0v) is 10.2. The lowest BCUT2D eigenvalue weighted by Gasteiger charge is -2.32. The topological polar surface area (TPSA) is 41.3 Å². The Bertz CT molecular complexity index is 142. The van der Waals surface area contributed by atoms with Crippen molar-refractivity contribution in [3.8, 4) is 0 Å². The van der Waals surface area contributed by atoms with Crippen LogP contribution in [0.15, 0.2) is 0 Å². The molecule has 3 heteroatoms. The highest BCUT2D eigenvalue weighted by molar-refractivity contribution is 4.76. The summed E-state index contributed by atoms with van der Waals surface area (Å²) in [6.07, 6.45) is 6.40. The number of nitrogens with zero attached hydrogens (tertiary/aromatic N) is 1. The predicted molar refractivity (Wildman–Crippen MR) is 66.0 cm³/mol. The van der Waals surface area contributed by atoms with Gasteiger partial charge in [0.2, 0.25) is 0 Å². The van der Waals surface area contributed by atoms with Gasteiger partial charge in [0, 0.05) is 6.04 Å². The standard InChI is InChI=1S/C12H27N3/c1-2-3-9-15-10-5-12(6-11-15)14-8-4-7-13/h12,14H,2-11,13H2,1H3. The SMILES string of the molecule is CCCCN1CCC(NCCCN)CC1. The van der Waals surface area contributed by atoms with Gasteiger partial charge in [0.25, 0.3) is 0 Å². The van der Waals surface area contributed by atoms with Gasteiger partial charge in [0.15, 0.2) is 0 Å². The number of nitrogens with two attached hydrogens (primary N) is 1. The van der Waals surface area contributed by atoms with E-state index in [4.69, 9.17) is 5.73 Å². The summed E-state index contributed by atoms with van der Waals surface area (Å²) in [6.45, 7) is 8.02. The van der Waals surface area contributed by atoms with E-state index >= 15 is 0 Å². The third kappa shape index (κ3) is 5.50. The number of nitrogens with one attached hydrogen (secondary N) is 1. The quantitative estimate of drug-likeness (QED) is 0.624. The molecule has 0 aromatic rings.